The fraction of sp³-hybridized carbons (Fsp3) is 0.0714. The number of anilines is 2. The Labute approximate surface area is 110 Å². The molecular weight excluding hydrogens is 250 g/mol. The second kappa shape index (κ2) is 5.10. The molecule has 0 fully saturated rings. The van der Waals surface area contributed by atoms with Crippen molar-refractivity contribution >= 4 is 28.9 Å². The molecule has 0 aliphatic heterocycles. The first-order valence-electron chi connectivity index (χ1n) is 5.43. The summed E-state index contributed by atoms with van der Waals surface area (Å²) in [6.07, 6.45) is 0. The van der Waals surface area contributed by atoms with Gasteiger partial charge in [-0.15, -0.1) is 0 Å². The van der Waals surface area contributed by atoms with Crippen LogP contribution in [0.2, 0.25) is 5.02 Å². The van der Waals surface area contributed by atoms with Crippen molar-refractivity contribution in [1.29, 1.82) is 0 Å². The quantitative estimate of drug-likeness (QED) is 0.875. The monoisotopic (exact) mass is 261 g/mol. The van der Waals surface area contributed by atoms with Crippen molar-refractivity contribution in [2.45, 2.75) is 6.92 Å². The number of halogens is 1. The highest BCUT2D eigenvalue weighted by molar-refractivity contribution is 6.30. The van der Waals surface area contributed by atoms with Crippen LogP contribution in [0.1, 0.15) is 15.9 Å². The van der Waals surface area contributed by atoms with Gasteiger partial charge in [0.05, 0.1) is 5.56 Å². The largest absolute Gasteiger partial charge is 0.478 e. The number of aromatic carboxylic acids is 1. The van der Waals surface area contributed by atoms with Crippen LogP contribution < -0.4 is 5.32 Å². The molecule has 2 rings (SSSR count). The summed E-state index contributed by atoms with van der Waals surface area (Å²) in [5.74, 6) is -0.930. The minimum absolute atomic E-state index is 0.267. The van der Waals surface area contributed by atoms with Gasteiger partial charge in [-0.05, 0) is 48.9 Å². The second-order valence-corrected chi connectivity index (χ2v) is 4.40. The molecule has 0 saturated heterocycles. The molecule has 18 heavy (non-hydrogen) atoms. The number of carboxylic acids is 1. The van der Waals surface area contributed by atoms with E-state index in [-0.39, 0.29) is 5.56 Å². The number of nitrogens with one attached hydrogen (secondary N) is 1. The normalized spacial score (nSPS) is 10.1. The van der Waals surface area contributed by atoms with E-state index in [1.807, 2.05) is 25.1 Å². The average Bonchev–Trinajstić information content (AvgIpc) is 2.34. The predicted molar refractivity (Wildman–Crippen MR) is 72.9 cm³/mol. The van der Waals surface area contributed by atoms with Crippen molar-refractivity contribution in [1.82, 2.24) is 0 Å². The lowest BCUT2D eigenvalue weighted by molar-refractivity contribution is 0.0697. The number of aryl methyl sites for hydroxylation is 1. The summed E-state index contributed by atoms with van der Waals surface area (Å²) in [4.78, 5) is 10.7. The molecule has 2 aromatic rings. The first-order chi connectivity index (χ1) is 8.56. The molecule has 4 heteroatoms. The minimum Gasteiger partial charge on any atom is -0.478 e. The highest BCUT2D eigenvalue weighted by Gasteiger charge is 2.03. The van der Waals surface area contributed by atoms with Gasteiger partial charge in [0.2, 0.25) is 0 Å². The second-order valence-electron chi connectivity index (χ2n) is 3.97. The van der Waals surface area contributed by atoms with Crippen molar-refractivity contribution in [2.75, 3.05) is 5.32 Å². The van der Waals surface area contributed by atoms with Gasteiger partial charge >= 0.3 is 5.97 Å². The van der Waals surface area contributed by atoms with E-state index in [1.165, 1.54) is 0 Å². The van der Waals surface area contributed by atoms with Crippen LogP contribution in [0.25, 0.3) is 0 Å². The van der Waals surface area contributed by atoms with Crippen molar-refractivity contribution in [3.63, 3.8) is 0 Å². The van der Waals surface area contributed by atoms with Gasteiger partial charge in [-0.2, -0.15) is 0 Å². The maximum Gasteiger partial charge on any atom is 0.335 e. The van der Waals surface area contributed by atoms with E-state index < -0.39 is 5.97 Å². The molecule has 92 valence electrons. The summed E-state index contributed by atoms with van der Waals surface area (Å²) in [7, 11) is 0. The Balaban J connectivity index is 2.23. The van der Waals surface area contributed by atoms with E-state index in [0.717, 1.165) is 16.9 Å². The van der Waals surface area contributed by atoms with Crippen LogP contribution in [0, 0.1) is 6.92 Å². The lowest BCUT2D eigenvalue weighted by Gasteiger charge is -2.10. The fourth-order valence-corrected chi connectivity index (χ4v) is 1.75. The van der Waals surface area contributed by atoms with Crippen LogP contribution in [0.15, 0.2) is 42.5 Å². The first-order valence-corrected chi connectivity index (χ1v) is 5.80. The molecule has 0 unspecified atom stereocenters. The highest BCUT2D eigenvalue weighted by atomic mass is 35.5. The van der Waals surface area contributed by atoms with Gasteiger partial charge in [0.25, 0.3) is 0 Å². The van der Waals surface area contributed by atoms with Gasteiger partial charge < -0.3 is 10.4 Å². The lowest BCUT2D eigenvalue weighted by atomic mass is 10.1. The lowest BCUT2D eigenvalue weighted by Crippen LogP contribution is -1.97. The van der Waals surface area contributed by atoms with E-state index in [1.54, 1.807) is 24.3 Å². The van der Waals surface area contributed by atoms with E-state index >= 15 is 0 Å². The zero-order chi connectivity index (χ0) is 13.1. The van der Waals surface area contributed by atoms with Gasteiger partial charge in [-0.25, -0.2) is 4.79 Å². The zero-order valence-corrected chi connectivity index (χ0v) is 10.5. The summed E-state index contributed by atoms with van der Waals surface area (Å²) in [6.45, 7) is 1.98. The third-order valence-corrected chi connectivity index (χ3v) is 2.85. The smallest absolute Gasteiger partial charge is 0.335 e. The number of benzene rings is 2. The Kier molecular flexibility index (Phi) is 3.53. The van der Waals surface area contributed by atoms with E-state index in [4.69, 9.17) is 16.7 Å². The molecule has 0 heterocycles. The van der Waals surface area contributed by atoms with Gasteiger partial charge in [-0.3, -0.25) is 0 Å². The van der Waals surface area contributed by atoms with Crippen LogP contribution in [-0.4, -0.2) is 11.1 Å². The number of rotatable bonds is 3. The maximum atomic E-state index is 10.7. The zero-order valence-electron chi connectivity index (χ0n) is 9.77. The van der Waals surface area contributed by atoms with Gasteiger partial charge in [0.15, 0.2) is 0 Å². The van der Waals surface area contributed by atoms with Crippen molar-refractivity contribution in [2.24, 2.45) is 0 Å². The number of carbonyl (C=O) groups is 1. The topological polar surface area (TPSA) is 49.3 Å². The molecule has 2 N–H and O–H groups in total. The maximum absolute atomic E-state index is 10.7. The van der Waals surface area contributed by atoms with Crippen molar-refractivity contribution in [3.8, 4) is 0 Å². The molecule has 3 nitrogen and oxygen atoms in total. The van der Waals surface area contributed by atoms with Crippen molar-refractivity contribution < 1.29 is 9.90 Å². The van der Waals surface area contributed by atoms with Crippen LogP contribution in [0.5, 0.6) is 0 Å². The molecule has 0 spiro atoms. The highest BCUT2D eigenvalue weighted by Crippen LogP contribution is 2.24. The van der Waals surface area contributed by atoms with Gasteiger partial charge in [-0.1, -0.05) is 17.7 Å². The molecule has 0 atom stereocenters. The van der Waals surface area contributed by atoms with E-state index in [0.29, 0.717) is 5.02 Å². The fourth-order valence-electron chi connectivity index (χ4n) is 1.58. The Hall–Kier alpha value is -2.00. The number of hydrogen-bond acceptors (Lipinski definition) is 2. The number of hydrogen-bond donors (Lipinski definition) is 2. The molecule has 0 aliphatic carbocycles. The molecule has 0 amide bonds. The summed E-state index contributed by atoms with van der Waals surface area (Å²) >= 11 is 5.93. The summed E-state index contributed by atoms with van der Waals surface area (Å²) in [5, 5.41) is 12.7. The molecule has 0 radical (unpaired) electrons. The third kappa shape index (κ3) is 2.81. The number of carboxylic acid groups (broad SMARTS) is 1. The molecule has 0 saturated carbocycles. The molecule has 0 aromatic heterocycles. The van der Waals surface area contributed by atoms with Crippen LogP contribution in [-0.2, 0) is 0 Å². The van der Waals surface area contributed by atoms with E-state index in [9.17, 15) is 4.79 Å². The Morgan fingerprint density at radius 3 is 2.44 bits per heavy atom. The van der Waals surface area contributed by atoms with Gasteiger partial charge in [0.1, 0.15) is 0 Å². The SMILES string of the molecule is Cc1ccc(Cl)cc1Nc1ccc(C(=O)O)cc1. The molecule has 0 bridgehead atoms. The predicted octanol–water partition coefficient (Wildman–Crippen LogP) is 4.09. The Morgan fingerprint density at radius 2 is 1.83 bits per heavy atom. The molecule has 0 aliphatic rings. The van der Waals surface area contributed by atoms with Crippen LogP contribution >= 0.6 is 11.6 Å². The summed E-state index contributed by atoms with van der Waals surface area (Å²) in [6, 6.07) is 12.2. The minimum atomic E-state index is -0.930. The Bertz CT molecular complexity index is 579. The van der Waals surface area contributed by atoms with Crippen LogP contribution in [0.3, 0.4) is 0 Å². The molecular formula is C14H12ClNO2. The summed E-state index contributed by atoms with van der Waals surface area (Å²) in [5.41, 5.74) is 3.07. The first kappa shape index (κ1) is 12.5. The Morgan fingerprint density at radius 1 is 1.17 bits per heavy atom. The van der Waals surface area contributed by atoms with E-state index in [2.05, 4.69) is 5.32 Å². The standard InChI is InChI=1S/C14H12ClNO2/c1-9-2-5-11(15)8-13(9)16-12-6-3-10(4-7-12)14(17)18/h2-8,16H,1H3,(H,17,18). The third-order valence-electron chi connectivity index (χ3n) is 2.61. The molecule has 2 aromatic carbocycles. The average molecular weight is 262 g/mol. The van der Waals surface area contributed by atoms with Gasteiger partial charge in [0, 0.05) is 16.4 Å². The van der Waals surface area contributed by atoms with Crippen LogP contribution in [0.4, 0.5) is 11.4 Å². The summed E-state index contributed by atoms with van der Waals surface area (Å²) < 4.78 is 0. The van der Waals surface area contributed by atoms with Crippen molar-refractivity contribution in [3.05, 3.63) is 58.6 Å².